The third-order valence-corrected chi connectivity index (χ3v) is 7.53. The maximum Gasteiger partial charge on any atom is 0.126 e. The second kappa shape index (κ2) is 5.43. The standard InChI is InChI=1S/C24H20N2S/c1-26-24(25)18-11-5-10-17-22-16-9-4-8-15-13-6-2-3-7-14(13)19(21(15)16)12-20(22)27-23(17)18/h2-3,5-7,10-12,15H,4,8-9H2,1H3,(H2,25,26). The van der Waals surface area contributed by atoms with Gasteiger partial charge in [0.25, 0.3) is 0 Å². The van der Waals surface area contributed by atoms with Gasteiger partial charge in [-0.2, -0.15) is 0 Å². The van der Waals surface area contributed by atoms with Crippen molar-refractivity contribution in [1.82, 2.24) is 0 Å². The number of rotatable bonds is 1. The molecule has 0 aliphatic heterocycles. The zero-order valence-electron chi connectivity index (χ0n) is 15.3. The topological polar surface area (TPSA) is 38.4 Å². The van der Waals surface area contributed by atoms with Crippen LogP contribution in [0.1, 0.15) is 41.0 Å². The number of aryl methyl sites for hydroxylation is 1. The van der Waals surface area contributed by atoms with Gasteiger partial charge in [-0.15, -0.1) is 11.3 Å². The fourth-order valence-corrected chi connectivity index (χ4v) is 6.54. The maximum atomic E-state index is 6.20. The molecular formula is C24H20N2S. The number of benzene rings is 3. The van der Waals surface area contributed by atoms with Crippen LogP contribution in [-0.4, -0.2) is 12.9 Å². The summed E-state index contributed by atoms with van der Waals surface area (Å²) in [4.78, 5) is 4.24. The van der Waals surface area contributed by atoms with Gasteiger partial charge in [0, 0.05) is 38.7 Å². The van der Waals surface area contributed by atoms with Gasteiger partial charge in [0.2, 0.25) is 0 Å². The fraction of sp³-hybridized carbons (Fsp3) is 0.208. The molecule has 6 rings (SSSR count). The number of hydrogen-bond acceptors (Lipinski definition) is 2. The summed E-state index contributed by atoms with van der Waals surface area (Å²) in [7, 11) is 1.77. The van der Waals surface area contributed by atoms with E-state index in [0.717, 1.165) is 5.56 Å². The molecule has 1 heterocycles. The van der Waals surface area contributed by atoms with E-state index >= 15 is 0 Å². The van der Waals surface area contributed by atoms with E-state index in [1.807, 2.05) is 11.3 Å². The second-order valence-electron chi connectivity index (χ2n) is 7.61. The number of nitrogens with two attached hydrogens (primary N) is 1. The van der Waals surface area contributed by atoms with Crippen LogP contribution in [0.3, 0.4) is 0 Å². The second-order valence-corrected chi connectivity index (χ2v) is 8.67. The van der Waals surface area contributed by atoms with Crippen LogP contribution in [0.15, 0.2) is 53.5 Å². The van der Waals surface area contributed by atoms with Gasteiger partial charge in [-0.3, -0.25) is 4.99 Å². The van der Waals surface area contributed by atoms with Crippen molar-refractivity contribution in [3.05, 3.63) is 70.8 Å². The van der Waals surface area contributed by atoms with Gasteiger partial charge in [-0.25, -0.2) is 0 Å². The lowest BCUT2D eigenvalue weighted by molar-refractivity contribution is 0.630. The Kier molecular flexibility index (Phi) is 3.10. The summed E-state index contributed by atoms with van der Waals surface area (Å²) >= 11 is 1.87. The molecule has 1 atom stereocenters. The normalized spacial score (nSPS) is 18.1. The molecule has 1 unspecified atom stereocenters. The first-order chi connectivity index (χ1) is 13.3. The lowest BCUT2D eigenvalue weighted by Crippen LogP contribution is -2.12. The van der Waals surface area contributed by atoms with Crippen molar-refractivity contribution < 1.29 is 0 Å². The molecule has 2 aliphatic carbocycles. The number of nitrogens with zero attached hydrogens (tertiary/aromatic N) is 1. The molecule has 2 N–H and O–H groups in total. The third kappa shape index (κ3) is 1.93. The molecule has 3 aromatic carbocycles. The average Bonchev–Trinajstić information content (AvgIpc) is 3.25. The van der Waals surface area contributed by atoms with Crippen molar-refractivity contribution in [1.29, 1.82) is 0 Å². The SMILES string of the molecule is CN=C(N)c1cccc2c1sc1cc3c4c(c12)CCCC4c1ccccc1-3. The van der Waals surface area contributed by atoms with Crippen LogP contribution in [0.25, 0.3) is 31.3 Å². The highest BCUT2D eigenvalue weighted by Crippen LogP contribution is 2.54. The first kappa shape index (κ1) is 15.4. The lowest BCUT2D eigenvalue weighted by atomic mass is 9.80. The van der Waals surface area contributed by atoms with E-state index in [9.17, 15) is 0 Å². The Hall–Kier alpha value is -2.65. The Morgan fingerprint density at radius 1 is 1.11 bits per heavy atom. The Morgan fingerprint density at radius 2 is 2.00 bits per heavy atom. The maximum absolute atomic E-state index is 6.20. The summed E-state index contributed by atoms with van der Waals surface area (Å²) in [6, 6.07) is 17.9. The van der Waals surface area contributed by atoms with Gasteiger partial charge in [0.05, 0.1) is 0 Å². The number of fused-ring (bicyclic) bond motifs is 7. The zero-order valence-corrected chi connectivity index (χ0v) is 16.1. The molecule has 0 saturated carbocycles. The largest absolute Gasteiger partial charge is 0.383 e. The minimum atomic E-state index is 0.574. The lowest BCUT2D eigenvalue weighted by Gasteiger charge is -2.23. The Balaban J connectivity index is 1.77. The number of amidine groups is 1. The van der Waals surface area contributed by atoms with Crippen molar-refractivity contribution in [2.75, 3.05) is 7.05 Å². The third-order valence-electron chi connectivity index (χ3n) is 6.35. The van der Waals surface area contributed by atoms with Gasteiger partial charge in [0.15, 0.2) is 0 Å². The summed E-state index contributed by atoms with van der Waals surface area (Å²) in [6.07, 6.45) is 3.71. The molecule has 2 nitrogen and oxygen atoms in total. The molecule has 0 amide bonds. The van der Waals surface area contributed by atoms with Crippen molar-refractivity contribution in [3.8, 4) is 11.1 Å². The summed E-state index contributed by atoms with van der Waals surface area (Å²) < 4.78 is 2.65. The predicted octanol–water partition coefficient (Wildman–Crippen LogP) is 5.84. The minimum Gasteiger partial charge on any atom is -0.383 e. The molecule has 4 aromatic rings. The summed E-state index contributed by atoms with van der Waals surface area (Å²) in [5, 5.41) is 2.80. The summed E-state index contributed by atoms with van der Waals surface area (Å²) in [5.74, 6) is 1.20. The fourth-order valence-electron chi connectivity index (χ4n) is 5.24. The van der Waals surface area contributed by atoms with Gasteiger partial charge in [-0.05, 0) is 59.2 Å². The molecule has 0 saturated heterocycles. The van der Waals surface area contributed by atoms with Crippen molar-refractivity contribution in [3.63, 3.8) is 0 Å². The first-order valence-corrected chi connectivity index (χ1v) is 10.4. The van der Waals surface area contributed by atoms with E-state index in [1.54, 1.807) is 18.2 Å². The Bertz CT molecular complexity index is 1280. The summed E-state index contributed by atoms with van der Waals surface area (Å²) in [6.45, 7) is 0. The molecule has 2 aliphatic rings. The highest BCUT2D eigenvalue weighted by Gasteiger charge is 2.34. The van der Waals surface area contributed by atoms with Crippen LogP contribution in [-0.2, 0) is 6.42 Å². The van der Waals surface area contributed by atoms with Crippen LogP contribution in [0.2, 0.25) is 0 Å². The highest BCUT2D eigenvalue weighted by atomic mass is 32.1. The minimum absolute atomic E-state index is 0.574. The van der Waals surface area contributed by atoms with Crippen molar-refractivity contribution in [2.45, 2.75) is 25.2 Å². The Labute approximate surface area is 162 Å². The molecule has 0 spiro atoms. The molecule has 0 fully saturated rings. The van der Waals surface area contributed by atoms with Crippen LogP contribution in [0.4, 0.5) is 0 Å². The molecule has 3 heteroatoms. The van der Waals surface area contributed by atoms with Crippen LogP contribution < -0.4 is 5.73 Å². The van der Waals surface area contributed by atoms with E-state index in [2.05, 4.69) is 53.5 Å². The zero-order chi connectivity index (χ0) is 18.1. The highest BCUT2D eigenvalue weighted by molar-refractivity contribution is 7.26. The van der Waals surface area contributed by atoms with Crippen LogP contribution >= 0.6 is 11.3 Å². The van der Waals surface area contributed by atoms with Crippen molar-refractivity contribution >= 4 is 37.3 Å². The van der Waals surface area contributed by atoms with Crippen molar-refractivity contribution in [2.24, 2.45) is 10.7 Å². The quantitative estimate of drug-likeness (QED) is 0.333. The van der Waals surface area contributed by atoms with E-state index in [4.69, 9.17) is 5.73 Å². The molecule has 0 radical (unpaired) electrons. The molecule has 0 bridgehead atoms. The molecule has 1 aromatic heterocycles. The van der Waals surface area contributed by atoms with Gasteiger partial charge >= 0.3 is 0 Å². The van der Waals surface area contributed by atoms with Gasteiger partial charge < -0.3 is 5.73 Å². The summed E-state index contributed by atoms with van der Waals surface area (Å²) in [5.41, 5.74) is 14.9. The monoisotopic (exact) mass is 368 g/mol. The van der Waals surface area contributed by atoms with E-state index in [1.165, 1.54) is 56.1 Å². The molecular weight excluding hydrogens is 348 g/mol. The average molecular weight is 369 g/mol. The number of thiophene rings is 1. The van der Waals surface area contributed by atoms with Crippen LogP contribution in [0, 0.1) is 0 Å². The van der Waals surface area contributed by atoms with Gasteiger partial charge in [0.1, 0.15) is 5.84 Å². The first-order valence-electron chi connectivity index (χ1n) is 9.61. The van der Waals surface area contributed by atoms with Crippen LogP contribution in [0.5, 0.6) is 0 Å². The van der Waals surface area contributed by atoms with E-state index in [0.29, 0.717) is 11.8 Å². The number of aliphatic imine (C=N–C) groups is 1. The molecule has 27 heavy (non-hydrogen) atoms. The van der Waals surface area contributed by atoms with Gasteiger partial charge in [-0.1, -0.05) is 36.4 Å². The predicted molar refractivity (Wildman–Crippen MR) is 116 cm³/mol. The van der Waals surface area contributed by atoms with E-state index < -0.39 is 0 Å². The molecule has 132 valence electrons. The Morgan fingerprint density at radius 3 is 2.89 bits per heavy atom. The van der Waals surface area contributed by atoms with E-state index in [-0.39, 0.29) is 0 Å². The smallest absolute Gasteiger partial charge is 0.126 e. The number of hydrogen-bond donors (Lipinski definition) is 1.